The fraction of sp³-hybridized carbons (Fsp3) is 0.700. The average Bonchev–Trinajstić information content (AvgIpc) is 3.40. The fourth-order valence-corrected chi connectivity index (χ4v) is 3.83. The highest BCUT2D eigenvalue weighted by atomic mass is 16.2. The first-order chi connectivity index (χ1) is 12.5. The topological polar surface area (TPSA) is 57.6 Å². The lowest BCUT2D eigenvalue weighted by Crippen LogP contribution is -2.51. The second-order valence-corrected chi connectivity index (χ2v) is 7.66. The summed E-state index contributed by atoms with van der Waals surface area (Å²) in [5.74, 6) is 0.225. The summed E-state index contributed by atoms with van der Waals surface area (Å²) in [5.41, 5.74) is 3.14. The monoisotopic (exact) mass is 360 g/mol. The number of piperazine rings is 1. The summed E-state index contributed by atoms with van der Waals surface area (Å²) in [6, 6.07) is 2.64. The third-order valence-corrected chi connectivity index (χ3v) is 5.51. The van der Waals surface area contributed by atoms with Crippen LogP contribution in [-0.2, 0) is 4.79 Å². The highest BCUT2D eigenvalue weighted by molar-refractivity contribution is 5.95. The molecule has 1 saturated heterocycles. The lowest BCUT2D eigenvalue weighted by atomic mass is 10.2. The fourth-order valence-electron chi connectivity index (χ4n) is 3.83. The van der Waals surface area contributed by atoms with Gasteiger partial charge in [0.25, 0.3) is 5.91 Å². The minimum atomic E-state index is 0.0891. The van der Waals surface area contributed by atoms with Gasteiger partial charge < -0.3 is 14.8 Å². The van der Waals surface area contributed by atoms with E-state index in [-0.39, 0.29) is 11.8 Å². The van der Waals surface area contributed by atoms with Crippen LogP contribution in [0.15, 0.2) is 6.07 Å². The Morgan fingerprint density at radius 3 is 2.46 bits per heavy atom. The van der Waals surface area contributed by atoms with E-state index in [4.69, 9.17) is 0 Å². The molecule has 6 nitrogen and oxygen atoms in total. The molecule has 1 N–H and O–H groups in total. The molecule has 1 aliphatic heterocycles. The predicted molar refractivity (Wildman–Crippen MR) is 102 cm³/mol. The van der Waals surface area contributed by atoms with E-state index in [1.54, 1.807) is 0 Å². The van der Waals surface area contributed by atoms with E-state index in [1.807, 2.05) is 11.0 Å². The third-order valence-electron chi connectivity index (χ3n) is 5.51. The number of carbonyl (C=O) groups excluding carboxylic acids is 2. The molecule has 2 aliphatic rings. The van der Waals surface area contributed by atoms with Crippen molar-refractivity contribution in [1.29, 1.82) is 0 Å². The number of hydrogen-bond donors (Lipinski definition) is 1. The summed E-state index contributed by atoms with van der Waals surface area (Å²) in [6.45, 7) is 10.4. The van der Waals surface area contributed by atoms with Gasteiger partial charge in [-0.05, 0) is 39.2 Å². The molecule has 0 bridgehead atoms. The van der Waals surface area contributed by atoms with Crippen LogP contribution in [0.4, 0.5) is 0 Å². The van der Waals surface area contributed by atoms with Gasteiger partial charge in [-0.3, -0.25) is 14.5 Å². The molecule has 0 aromatic carbocycles. The molecule has 26 heavy (non-hydrogen) atoms. The summed E-state index contributed by atoms with van der Waals surface area (Å²) in [7, 11) is 0. The van der Waals surface area contributed by atoms with Gasteiger partial charge in [0.1, 0.15) is 0 Å². The summed E-state index contributed by atoms with van der Waals surface area (Å²) < 4.78 is 2.32. The van der Waals surface area contributed by atoms with E-state index < -0.39 is 0 Å². The van der Waals surface area contributed by atoms with E-state index in [0.29, 0.717) is 25.7 Å². The second-order valence-electron chi connectivity index (χ2n) is 7.66. The SMILES string of the molecule is CCCCNC(=O)CN1CCN(C(=O)c2cc(C)n(C3CC3)c2C)CC1. The third kappa shape index (κ3) is 4.29. The van der Waals surface area contributed by atoms with Crippen molar-refractivity contribution in [3.63, 3.8) is 0 Å². The molecule has 2 amide bonds. The average molecular weight is 361 g/mol. The van der Waals surface area contributed by atoms with E-state index in [0.717, 1.165) is 43.7 Å². The maximum Gasteiger partial charge on any atom is 0.255 e. The summed E-state index contributed by atoms with van der Waals surface area (Å²) >= 11 is 0. The summed E-state index contributed by atoms with van der Waals surface area (Å²) in [5, 5.41) is 2.96. The molecular formula is C20H32N4O2. The number of aromatic nitrogens is 1. The van der Waals surface area contributed by atoms with Gasteiger partial charge in [-0.1, -0.05) is 13.3 Å². The number of nitrogens with one attached hydrogen (secondary N) is 1. The molecule has 1 aromatic heterocycles. The van der Waals surface area contributed by atoms with Crippen LogP contribution in [0, 0.1) is 13.8 Å². The highest BCUT2D eigenvalue weighted by Gasteiger charge is 2.30. The van der Waals surface area contributed by atoms with Crippen LogP contribution in [0.1, 0.15) is 60.4 Å². The van der Waals surface area contributed by atoms with Crippen molar-refractivity contribution in [2.24, 2.45) is 0 Å². The van der Waals surface area contributed by atoms with Gasteiger partial charge in [0.15, 0.2) is 0 Å². The van der Waals surface area contributed by atoms with Crippen LogP contribution in [0.5, 0.6) is 0 Å². The Labute approximate surface area is 156 Å². The largest absolute Gasteiger partial charge is 0.355 e. The number of rotatable bonds is 7. The number of amides is 2. The molecule has 0 spiro atoms. The molecule has 2 heterocycles. The normalized spacial score (nSPS) is 18.2. The number of nitrogens with zero attached hydrogens (tertiary/aromatic N) is 3. The van der Waals surface area contributed by atoms with Gasteiger partial charge in [-0.15, -0.1) is 0 Å². The zero-order valence-electron chi connectivity index (χ0n) is 16.4. The number of carbonyl (C=O) groups is 2. The van der Waals surface area contributed by atoms with Crippen molar-refractivity contribution in [2.75, 3.05) is 39.3 Å². The van der Waals surface area contributed by atoms with Crippen molar-refractivity contribution in [1.82, 2.24) is 19.7 Å². The predicted octanol–water partition coefficient (Wildman–Crippen LogP) is 2.11. The van der Waals surface area contributed by atoms with Gasteiger partial charge in [0.2, 0.25) is 5.91 Å². The highest BCUT2D eigenvalue weighted by Crippen LogP contribution is 2.38. The van der Waals surface area contributed by atoms with Crippen LogP contribution >= 0.6 is 0 Å². The van der Waals surface area contributed by atoms with Crippen LogP contribution in [0.25, 0.3) is 0 Å². The Morgan fingerprint density at radius 1 is 1.15 bits per heavy atom. The summed E-state index contributed by atoms with van der Waals surface area (Å²) in [4.78, 5) is 29.0. The second kappa shape index (κ2) is 8.25. The van der Waals surface area contributed by atoms with Crippen LogP contribution in [-0.4, -0.2) is 65.4 Å². The van der Waals surface area contributed by atoms with E-state index >= 15 is 0 Å². The Kier molecular flexibility index (Phi) is 6.01. The van der Waals surface area contributed by atoms with E-state index in [1.165, 1.54) is 18.5 Å². The van der Waals surface area contributed by atoms with Crippen LogP contribution in [0.3, 0.4) is 0 Å². The molecule has 3 rings (SSSR count). The first-order valence-electron chi connectivity index (χ1n) is 9.98. The molecule has 0 radical (unpaired) electrons. The van der Waals surface area contributed by atoms with Crippen LogP contribution in [0.2, 0.25) is 0 Å². The van der Waals surface area contributed by atoms with Gasteiger partial charge in [0.05, 0.1) is 12.1 Å². The number of aryl methyl sites for hydroxylation is 1. The van der Waals surface area contributed by atoms with E-state index in [2.05, 4.69) is 35.6 Å². The molecule has 2 fully saturated rings. The minimum absolute atomic E-state index is 0.0891. The molecular weight excluding hydrogens is 328 g/mol. The lowest BCUT2D eigenvalue weighted by molar-refractivity contribution is -0.122. The molecule has 1 aliphatic carbocycles. The molecule has 144 valence electrons. The standard InChI is InChI=1S/C20H32N4O2/c1-4-5-8-21-19(25)14-22-9-11-23(12-10-22)20(26)18-13-15(2)24(16(18)3)17-6-7-17/h13,17H,4-12,14H2,1-3H3,(H,21,25). The maximum absolute atomic E-state index is 12.9. The minimum Gasteiger partial charge on any atom is -0.355 e. The Hall–Kier alpha value is -1.82. The molecule has 1 aromatic rings. The Morgan fingerprint density at radius 2 is 1.85 bits per heavy atom. The van der Waals surface area contributed by atoms with Crippen LogP contribution < -0.4 is 5.32 Å². The van der Waals surface area contributed by atoms with Gasteiger partial charge in [-0.2, -0.15) is 0 Å². The van der Waals surface area contributed by atoms with Gasteiger partial charge >= 0.3 is 0 Å². The Bertz CT molecular complexity index is 655. The van der Waals surface area contributed by atoms with Crippen molar-refractivity contribution in [3.05, 3.63) is 23.0 Å². The lowest BCUT2D eigenvalue weighted by Gasteiger charge is -2.34. The maximum atomic E-state index is 12.9. The first-order valence-corrected chi connectivity index (χ1v) is 9.98. The quantitative estimate of drug-likeness (QED) is 0.758. The smallest absolute Gasteiger partial charge is 0.255 e. The van der Waals surface area contributed by atoms with Crippen molar-refractivity contribution in [2.45, 2.75) is 52.5 Å². The number of unbranched alkanes of at least 4 members (excludes halogenated alkanes) is 1. The first kappa shape index (κ1) is 19.0. The molecule has 6 heteroatoms. The van der Waals surface area contributed by atoms with E-state index in [9.17, 15) is 9.59 Å². The Balaban J connectivity index is 1.51. The van der Waals surface area contributed by atoms with Crippen molar-refractivity contribution in [3.8, 4) is 0 Å². The van der Waals surface area contributed by atoms with Gasteiger partial charge in [0, 0.05) is 50.2 Å². The summed E-state index contributed by atoms with van der Waals surface area (Å²) in [6.07, 6.45) is 4.56. The van der Waals surface area contributed by atoms with Gasteiger partial charge in [-0.25, -0.2) is 0 Å². The number of hydrogen-bond acceptors (Lipinski definition) is 3. The van der Waals surface area contributed by atoms with Crippen molar-refractivity contribution < 1.29 is 9.59 Å². The molecule has 0 unspecified atom stereocenters. The molecule has 0 atom stereocenters. The van der Waals surface area contributed by atoms with Crippen molar-refractivity contribution >= 4 is 11.8 Å². The zero-order valence-corrected chi connectivity index (χ0v) is 16.4. The molecule has 1 saturated carbocycles. The zero-order chi connectivity index (χ0) is 18.7.